The second-order valence-corrected chi connectivity index (χ2v) is 8.39. The van der Waals surface area contributed by atoms with Crippen molar-refractivity contribution in [1.29, 1.82) is 0 Å². The maximum Gasteiger partial charge on any atom is 0.338 e. The molecule has 170 valence electrons. The van der Waals surface area contributed by atoms with Crippen molar-refractivity contribution in [3.8, 4) is 0 Å². The first kappa shape index (κ1) is 22.1. The van der Waals surface area contributed by atoms with Gasteiger partial charge in [0.15, 0.2) is 0 Å². The van der Waals surface area contributed by atoms with E-state index < -0.39 is 36.4 Å². The fourth-order valence-corrected chi connectivity index (χ4v) is 4.41. The molecular formula is C25H28O7. The predicted molar refractivity (Wildman–Crippen MR) is 114 cm³/mol. The van der Waals surface area contributed by atoms with Crippen LogP contribution in [0.5, 0.6) is 0 Å². The van der Waals surface area contributed by atoms with Crippen molar-refractivity contribution >= 4 is 17.9 Å². The molecule has 1 aromatic rings. The fourth-order valence-electron chi connectivity index (χ4n) is 4.41. The molecule has 2 heterocycles. The van der Waals surface area contributed by atoms with Crippen LogP contribution in [0.3, 0.4) is 0 Å². The highest BCUT2D eigenvalue weighted by atomic mass is 16.7. The van der Waals surface area contributed by atoms with Crippen molar-refractivity contribution in [2.75, 3.05) is 0 Å². The minimum Gasteiger partial charge on any atom is -0.458 e. The quantitative estimate of drug-likeness (QED) is 0.182. The molecule has 1 aromatic carbocycles. The van der Waals surface area contributed by atoms with Crippen LogP contribution in [-0.4, -0.2) is 24.2 Å². The molecule has 4 atom stereocenters. The molecular weight excluding hydrogens is 412 g/mol. The van der Waals surface area contributed by atoms with Crippen LogP contribution in [0.4, 0.5) is 0 Å². The van der Waals surface area contributed by atoms with Gasteiger partial charge < -0.3 is 18.9 Å². The fraction of sp³-hybridized carbons (Fsp3) is 0.480. The summed E-state index contributed by atoms with van der Waals surface area (Å²) in [4.78, 5) is 36.7. The zero-order valence-corrected chi connectivity index (χ0v) is 18.4. The lowest BCUT2D eigenvalue weighted by molar-refractivity contribution is -0.154. The van der Waals surface area contributed by atoms with Gasteiger partial charge in [-0.1, -0.05) is 56.9 Å². The molecule has 4 rings (SSSR count). The Kier molecular flexibility index (Phi) is 6.63. The van der Waals surface area contributed by atoms with Gasteiger partial charge in [0.05, 0.1) is 17.8 Å². The summed E-state index contributed by atoms with van der Waals surface area (Å²) in [5, 5.41) is 0. The summed E-state index contributed by atoms with van der Waals surface area (Å²) in [7, 11) is 0. The number of ether oxygens (including phenoxy) is 4. The topological polar surface area (TPSA) is 88.1 Å². The van der Waals surface area contributed by atoms with Gasteiger partial charge in [-0.25, -0.2) is 9.59 Å². The van der Waals surface area contributed by atoms with E-state index in [0.29, 0.717) is 12.0 Å². The van der Waals surface area contributed by atoms with E-state index >= 15 is 0 Å². The van der Waals surface area contributed by atoms with Crippen LogP contribution in [-0.2, 0) is 33.3 Å². The summed E-state index contributed by atoms with van der Waals surface area (Å²) in [5.74, 6) is -1.78. The second kappa shape index (κ2) is 9.59. The van der Waals surface area contributed by atoms with Crippen molar-refractivity contribution in [3.05, 3.63) is 58.9 Å². The van der Waals surface area contributed by atoms with E-state index in [9.17, 15) is 14.4 Å². The van der Waals surface area contributed by atoms with Gasteiger partial charge in [0.1, 0.15) is 12.2 Å². The van der Waals surface area contributed by atoms with E-state index in [1.807, 2.05) is 24.3 Å². The highest BCUT2D eigenvalue weighted by molar-refractivity contribution is 5.92. The van der Waals surface area contributed by atoms with Gasteiger partial charge >= 0.3 is 17.9 Å². The minimum atomic E-state index is -0.894. The number of carbonyl (C=O) groups excluding carboxylic acids is 3. The van der Waals surface area contributed by atoms with Gasteiger partial charge in [-0.3, -0.25) is 4.79 Å². The van der Waals surface area contributed by atoms with E-state index in [1.54, 1.807) is 6.92 Å². The average molecular weight is 440 g/mol. The molecule has 0 amide bonds. The summed E-state index contributed by atoms with van der Waals surface area (Å²) in [6.07, 6.45) is 6.26. The molecule has 2 aliphatic heterocycles. The summed E-state index contributed by atoms with van der Waals surface area (Å²) >= 11 is 0. The number of unbranched alkanes of at least 4 members (excludes halogenated alkanes) is 4. The molecule has 1 saturated heterocycles. The molecule has 1 aliphatic carbocycles. The lowest BCUT2D eigenvalue weighted by Gasteiger charge is -2.19. The Labute approximate surface area is 187 Å². The molecule has 0 bridgehead atoms. The second-order valence-electron chi connectivity index (χ2n) is 8.39. The van der Waals surface area contributed by atoms with Crippen molar-refractivity contribution in [3.63, 3.8) is 0 Å². The molecule has 0 radical (unpaired) electrons. The number of esters is 3. The van der Waals surface area contributed by atoms with Crippen LogP contribution in [0.2, 0.25) is 0 Å². The molecule has 7 nitrogen and oxygen atoms in total. The highest BCUT2D eigenvalue weighted by Crippen LogP contribution is 2.55. The number of fused-ring (bicyclic) bond motifs is 3. The van der Waals surface area contributed by atoms with E-state index in [4.69, 9.17) is 18.9 Å². The van der Waals surface area contributed by atoms with E-state index in [2.05, 4.69) is 6.92 Å². The molecule has 0 aromatic heterocycles. The third kappa shape index (κ3) is 4.42. The Hall–Kier alpha value is -3.09. The molecule has 32 heavy (non-hydrogen) atoms. The van der Waals surface area contributed by atoms with Crippen LogP contribution in [0.1, 0.15) is 75.7 Å². The Morgan fingerprint density at radius 1 is 1.03 bits per heavy atom. The summed E-state index contributed by atoms with van der Waals surface area (Å²) in [5.41, 5.74) is 2.38. The largest absolute Gasteiger partial charge is 0.458 e. The number of benzene rings is 1. The maximum absolute atomic E-state index is 12.6. The van der Waals surface area contributed by atoms with Gasteiger partial charge in [-0.2, -0.15) is 0 Å². The molecule has 3 aliphatic rings. The minimum absolute atomic E-state index is 0.265. The van der Waals surface area contributed by atoms with Crippen molar-refractivity contribution in [2.24, 2.45) is 5.92 Å². The zero-order valence-electron chi connectivity index (χ0n) is 18.4. The molecule has 1 fully saturated rings. The van der Waals surface area contributed by atoms with E-state index in [1.165, 1.54) is 12.3 Å². The van der Waals surface area contributed by atoms with Crippen LogP contribution in [0, 0.1) is 5.92 Å². The number of rotatable bonds is 9. The van der Waals surface area contributed by atoms with Crippen LogP contribution in [0.25, 0.3) is 0 Å². The first-order valence-electron chi connectivity index (χ1n) is 11.2. The smallest absolute Gasteiger partial charge is 0.338 e. The van der Waals surface area contributed by atoms with E-state index in [-0.39, 0.29) is 11.5 Å². The number of cyclic esters (lactones) is 1. The Balaban J connectivity index is 1.49. The first-order valence-corrected chi connectivity index (χ1v) is 11.2. The lowest BCUT2D eigenvalue weighted by Crippen LogP contribution is -2.19. The standard InChI is InChI=1S/C25H28O7/c1-3-4-5-6-7-12-19(26)30-22-16-10-8-9-11-17(16)23-21(22)18(25(28)32-23)14-29-20-13-15(2)24(27)31-20/h8-11,13-14,20-23H,3-7,12H2,1-2H3/b18-14+/t20-,21-,22+,23+/m1/s1. The monoisotopic (exact) mass is 440 g/mol. The summed E-state index contributed by atoms with van der Waals surface area (Å²) < 4.78 is 22.1. The lowest BCUT2D eigenvalue weighted by atomic mass is 9.95. The van der Waals surface area contributed by atoms with Gasteiger partial charge in [0.25, 0.3) is 6.29 Å². The molecule has 0 saturated carbocycles. The third-order valence-corrected chi connectivity index (χ3v) is 6.09. The zero-order chi connectivity index (χ0) is 22.7. The average Bonchev–Trinajstić information content (AvgIpc) is 3.37. The molecule has 7 heteroatoms. The molecule has 0 spiro atoms. The summed E-state index contributed by atoms with van der Waals surface area (Å²) in [6.45, 7) is 3.78. The first-order chi connectivity index (χ1) is 15.5. The van der Waals surface area contributed by atoms with Crippen molar-refractivity contribution in [2.45, 2.75) is 70.9 Å². The Morgan fingerprint density at radius 2 is 1.78 bits per heavy atom. The van der Waals surface area contributed by atoms with Crippen molar-refractivity contribution in [1.82, 2.24) is 0 Å². The van der Waals surface area contributed by atoms with Crippen LogP contribution in [0.15, 0.2) is 47.7 Å². The van der Waals surface area contributed by atoms with Gasteiger partial charge in [0, 0.05) is 29.2 Å². The third-order valence-electron chi connectivity index (χ3n) is 6.09. The predicted octanol–water partition coefficient (Wildman–Crippen LogP) is 4.59. The SMILES string of the molecule is CCCCCCCC(=O)O[C@H]1c2ccccc2[C@@H]2OC(=O)/C(=C/O[C@H]3C=C(C)C(=O)O3)[C@H]12. The van der Waals surface area contributed by atoms with E-state index in [0.717, 1.165) is 43.2 Å². The van der Waals surface area contributed by atoms with Crippen LogP contribution < -0.4 is 0 Å². The maximum atomic E-state index is 12.6. The Bertz CT molecular complexity index is 961. The highest BCUT2D eigenvalue weighted by Gasteiger charge is 2.54. The number of hydrogen-bond donors (Lipinski definition) is 0. The Morgan fingerprint density at radius 3 is 2.50 bits per heavy atom. The van der Waals surface area contributed by atoms with Gasteiger partial charge in [-0.15, -0.1) is 0 Å². The van der Waals surface area contributed by atoms with Gasteiger partial charge in [0.2, 0.25) is 0 Å². The normalized spacial score (nSPS) is 26.9. The van der Waals surface area contributed by atoms with Crippen LogP contribution >= 0.6 is 0 Å². The number of hydrogen-bond acceptors (Lipinski definition) is 7. The van der Waals surface area contributed by atoms with Gasteiger partial charge in [-0.05, 0) is 13.3 Å². The summed E-state index contributed by atoms with van der Waals surface area (Å²) in [6, 6.07) is 7.52. The van der Waals surface area contributed by atoms with Crippen molar-refractivity contribution < 1.29 is 33.3 Å². The molecule has 0 unspecified atom stereocenters. The molecule has 0 N–H and O–H groups in total. The number of carbonyl (C=O) groups is 3.